The average molecular weight is 202 g/mol. The van der Waals surface area contributed by atoms with Crippen molar-refractivity contribution in [2.75, 3.05) is 12.0 Å². The van der Waals surface area contributed by atoms with E-state index in [1.54, 1.807) is 6.26 Å². The van der Waals surface area contributed by atoms with Crippen LogP contribution in [0, 0.1) is 0 Å². The minimum absolute atomic E-state index is 0. The fourth-order valence-corrected chi connectivity index (χ4v) is 1.03. The summed E-state index contributed by atoms with van der Waals surface area (Å²) in [6.45, 7) is 0. The third kappa shape index (κ3) is 5.32. The first-order valence-electron chi connectivity index (χ1n) is 2.75. The van der Waals surface area contributed by atoms with Crippen molar-refractivity contribution >= 4 is 30.1 Å². The smallest absolute Gasteiger partial charge is 0.334 e. The quantitative estimate of drug-likeness (QED) is 0.574. The second-order valence-corrected chi connectivity index (χ2v) is 2.81. The molecule has 0 saturated heterocycles. The van der Waals surface area contributed by atoms with Gasteiger partial charge in [0.25, 0.3) is 0 Å². The normalized spacial score (nSPS) is 14.8. The molecule has 0 amide bonds. The molecular formula is C5H12ClNO3S. The zero-order chi connectivity index (χ0) is 8.15. The SMILES string of the molecule is CSCC(N)C(O)C(=O)O.Cl. The van der Waals surface area contributed by atoms with Crippen LogP contribution in [-0.4, -0.2) is 40.3 Å². The lowest BCUT2D eigenvalue weighted by Gasteiger charge is -2.12. The van der Waals surface area contributed by atoms with Crippen LogP contribution < -0.4 is 5.73 Å². The summed E-state index contributed by atoms with van der Waals surface area (Å²) < 4.78 is 0. The number of carbonyl (C=O) groups is 1. The summed E-state index contributed by atoms with van der Waals surface area (Å²) >= 11 is 1.41. The van der Waals surface area contributed by atoms with Gasteiger partial charge in [0, 0.05) is 5.75 Å². The van der Waals surface area contributed by atoms with Gasteiger partial charge >= 0.3 is 5.97 Å². The molecule has 2 unspecified atom stereocenters. The summed E-state index contributed by atoms with van der Waals surface area (Å²) in [5.41, 5.74) is 5.28. The van der Waals surface area contributed by atoms with E-state index in [1.165, 1.54) is 11.8 Å². The molecule has 0 radical (unpaired) electrons. The molecular weight excluding hydrogens is 190 g/mol. The van der Waals surface area contributed by atoms with Gasteiger partial charge in [0.2, 0.25) is 0 Å². The van der Waals surface area contributed by atoms with Crippen LogP contribution in [0.3, 0.4) is 0 Å². The monoisotopic (exact) mass is 201 g/mol. The molecule has 6 heteroatoms. The highest BCUT2D eigenvalue weighted by atomic mass is 35.5. The van der Waals surface area contributed by atoms with E-state index in [9.17, 15) is 4.79 Å². The Labute approximate surface area is 75.6 Å². The number of carboxylic acids is 1. The molecule has 68 valence electrons. The van der Waals surface area contributed by atoms with Gasteiger partial charge in [-0.3, -0.25) is 0 Å². The van der Waals surface area contributed by atoms with Crippen molar-refractivity contribution in [3.8, 4) is 0 Å². The van der Waals surface area contributed by atoms with E-state index < -0.39 is 18.1 Å². The first-order chi connectivity index (χ1) is 4.59. The van der Waals surface area contributed by atoms with Crippen LogP contribution in [0.5, 0.6) is 0 Å². The van der Waals surface area contributed by atoms with Gasteiger partial charge in [0.15, 0.2) is 6.10 Å². The first-order valence-corrected chi connectivity index (χ1v) is 4.14. The van der Waals surface area contributed by atoms with Crippen LogP contribution in [0.15, 0.2) is 0 Å². The summed E-state index contributed by atoms with van der Waals surface area (Å²) in [5.74, 6) is -0.811. The number of hydrogen-bond donors (Lipinski definition) is 3. The highest BCUT2D eigenvalue weighted by Crippen LogP contribution is 1.99. The van der Waals surface area contributed by atoms with Gasteiger partial charge in [-0.15, -0.1) is 12.4 Å². The molecule has 0 heterocycles. The number of aliphatic carboxylic acids is 1. The molecule has 4 nitrogen and oxygen atoms in total. The Bertz CT molecular complexity index is 124. The lowest BCUT2D eigenvalue weighted by Crippen LogP contribution is -2.42. The number of aliphatic hydroxyl groups excluding tert-OH is 1. The van der Waals surface area contributed by atoms with Gasteiger partial charge in [-0.05, 0) is 6.26 Å². The van der Waals surface area contributed by atoms with Gasteiger partial charge in [-0.2, -0.15) is 11.8 Å². The number of hydrogen-bond acceptors (Lipinski definition) is 4. The molecule has 0 aromatic rings. The topological polar surface area (TPSA) is 83.5 Å². The van der Waals surface area contributed by atoms with Crippen LogP contribution in [0.25, 0.3) is 0 Å². The standard InChI is InChI=1S/C5H11NO3S.ClH/c1-10-2-3(6)4(7)5(8)9;/h3-4,7H,2,6H2,1H3,(H,8,9);1H. The Kier molecular flexibility index (Phi) is 8.32. The zero-order valence-corrected chi connectivity index (χ0v) is 7.69. The Morgan fingerprint density at radius 2 is 2.18 bits per heavy atom. The fourth-order valence-electron chi connectivity index (χ4n) is 0.467. The second-order valence-electron chi connectivity index (χ2n) is 1.90. The molecule has 0 aliphatic heterocycles. The maximum absolute atomic E-state index is 10.1. The number of halogens is 1. The Morgan fingerprint density at radius 3 is 2.45 bits per heavy atom. The fraction of sp³-hybridized carbons (Fsp3) is 0.800. The predicted molar refractivity (Wildman–Crippen MR) is 47.2 cm³/mol. The van der Waals surface area contributed by atoms with E-state index >= 15 is 0 Å². The number of rotatable bonds is 4. The Hall–Kier alpha value is 0.0300. The van der Waals surface area contributed by atoms with Crippen LogP contribution in [0.1, 0.15) is 0 Å². The van der Waals surface area contributed by atoms with Crippen LogP contribution >= 0.6 is 24.2 Å². The van der Waals surface area contributed by atoms with Crippen LogP contribution in [0.2, 0.25) is 0 Å². The lowest BCUT2D eigenvalue weighted by molar-refractivity contribution is -0.147. The molecule has 0 aliphatic rings. The van der Waals surface area contributed by atoms with Crippen molar-refractivity contribution in [2.45, 2.75) is 12.1 Å². The van der Waals surface area contributed by atoms with E-state index in [1.807, 2.05) is 0 Å². The molecule has 0 rings (SSSR count). The van der Waals surface area contributed by atoms with Gasteiger partial charge < -0.3 is 15.9 Å². The van der Waals surface area contributed by atoms with Gasteiger partial charge in [0.1, 0.15) is 0 Å². The average Bonchev–Trinajstić information content (AvgIpc) is 1.87. The van der Waals surface area contributed by atoms with E-state index in [2.05, 4.69) is 0 Å². The van der Waals surface area contributed by atoms with Crippen LogP contribution in [-0.2, 0) is 4.79 Å². The summed E-state index contributed by atoms with van der Waals surface area (Å²) in [6.07, 6.45) is 0.362. The Balaban J connectivity index is 0. The van der Waals surface area contributed by atoms with Crippen molar-refractivity contribution in [2.24, 2.45) is 5.73 Å². The van der Waals surface area contributed by atoms with Crippen molar-refractivity contribution in [3.63, 3.8) is 0 Å². The zero-order valence-electron chi connectivity index (χ0n) is 6.06. The third-order valence-electron chi connectivity index (χ3n) is 1.02. The molecule has 0 aromatic carbocycles. The molecule has 0 aromatic heterocycles. The predicted octanol–water partition coefficient (Wildman–Crippen LogP) is -0.456. The van der Waals surface area contributed by atoms with E-state index in [4.69, 9.17) is 15.9 Å². The molecule has 0 spiro atoms. The number of aliphatic hydroxyl groups is 1. The molecule has 2 atom stereocenters. The Morgan fingerprint density at radius 1 is 1.73 bits per heavy atom. The summed E-state index contributed by atoms with van der Waals surface area (Å²) in [6, 6.07) is -0.674. The largest absolute Gasteiger partial charge is 0.479 e. The highest BCUT2D eigenvalue weighted by molar-refractivity contribution is 7.98. The summed E-state index contributed by atoms with van der Waals surface area (Å²) in [5, 5.41) is 17.0. The van der Waals surface area contributed by atoms with Gasteiger partial charge in [0.05, 0.1) is 6.04 Å². The number of nitrogens with two attached hydrogens (primary N) is 1. The number of thioether (sulfide) groups is 1. The minimum Gasteiger partial charge on any atom is -0.479 e. The minimum atomic E-state index is -1.44. The first kappa shape index (κ1) is 13.6. The second kappa shape index (κ2) is 6.72. The van der Waals surface area contributed by atoms with Crippen molar-refractivity contribution in [3.05, 3.63) is 0 Å². The molecule has 11 heavy (non-hydrogen) atoms. The van der Waals surface area contributed by atoms with Gasteiger partial charge in [-0.1, -0.05) is 0 Å². The van der Waals surface area contributed by atoms with Gasteiger partial charge in [-0.25, -0.2) is 4.79 Å². The highest BCUT2D eigenvalue weighted by Gasteiger charge is 2.20. The van der Waals surface area contributed by atoms with Crippen LogP contribution in [0.4, 0.5) is 0 Å². The number of carboxylic acid groups (broad SMARTS) is 1. The van der Waals surface area contributed by atoms with E-state index in [0.29, 0.717) is 5.75 Å². The van der Waals surface area contributed by atoms with E-state index in [-0.39, 0.29) is 12.4 Å². The van der Waals surface area contributed by atoms with Crippen molar-refractivity contribution in [1.29, 1.82) is 0 Å². The molecule has 0 aliphatic carbocycles. The van der Waals surface area contributed by atoms with E-state index in [0.717, 1.165) is 0 Å². The molecule has 4 N–H and O–H groups in total. The summed E-state index contributed by atoms with van der Waals surface area (Å²) in [7, 11) is 0. The molecule has 0 bridgehead atoms. The van der Waals surface area contributed by atoms with Crippen molar-refractivity contribution < 1.29 is 15.0 Å². The molecule has 0 saturated carbocycles. The van der Waals surface area contributed by atoms with Crippen molar-refractivity contribution in [1.82, 2.24) is 0 Å². The third-order valence-corrected chi connectivity index (χ3v) is 1.74. The summed E-state index contributed by atoms with van der Waals surface area (Å²) in [4.78, 5) is 10.1. The maximum Gasteiger partial charge on any atom is 0.334 e. The lowest BCUT2D eigenvalue weighted by atomic mass is 10.2. The maximum atomic E-state index is 10.1. The molecule has 0 fully saturated rings.